The van der Waals surface area contributed by atoms with Crippen molar-refractivity contribution >= 4 is 21.6 Å². The molecule has 0 fully saturated rings. The third-order valence-electron chi connectivity index (χ3n) is 2.87. The van der Waals surface area contributed by atoms with E-state index in [1.807, 2.05) is 18.2 Å². The number of halogens is 1. The second kappa shape index (κ2) is 4.75. The SMILES string of the molecule is CN1c2cc(Br)ccc2OCC1CCC#N. The topological polar surface area (TPSA) is 36.3 Å². The molecule has 0 aromatic heterocycles. The number of rotatable bonds is 2. The van der Waals surface area contributed by atoms with Crippen molar-refractivity contribution in [2.75, 3.05) is 18.6 Å². The zero-order chi connectivity index (χ0) is 11.5. The molecular weight excluding hydrogens is 268 g/mol. The smallest absolute Gasteiger partial charge is 0.142 e. The van der Waals surface area contributed by atoms with Crippen LogP contribution in [0.5, 0.6) is 5.75 Å². The molecule has 1 aromatic rings. The summed E-state index contributed by atoms with van der Waals surface area (Å²) in [5.74, 6) is 0.916. The number of benzene rings is 1. The van der Waals surface area contributed by atoms with Crippen molar-refractivity contribution in [1.82, 2.24) is 0 Å². The van der Waals surface area contributed by atoms with E-state index in [0.29, 0.717) is 19.1 Å². The van der Waals surface area contributed by atoms with Crippen molar-refractivity contribution in [3.05, 3.63) is 22.7 Å². The molecule has 1 atom stereocenters. The van der Waals surface area contributed by atoms with Crippen LogP contribution < -0.4 is 9.64 Å². The van der Waals surface area contributed by atoms with Crippen molar-refractivity contribution in [3.63, 3.8) is 0 Å². The van der Waals surface area contributed by atoms with Crippen molar-refractivity contribution in [1.29, 1.82) is 5.26 Å². The van der Waals surface area contributed by atoms with E-state index >= 15 is 0 Å². The fraction of sp³-hybridized carbons (Fsp3) is 0.417. The molecular formula is C12H13BrN2O. The Labute approximate surface area is 104 Å². The largest absolute Gasteiger partial charge is 0.489 e. The van der Waals surface area contributed by atoms with Crippen LogP contribution in [0.15, 0.2) is 22.7 Å². The van der Waals surface area contributed by atoms with Crippen LogP contribution in [0.1, 0.15) is 12.8 Å². The summed E-state index contributed by atoms with van der Waals surface area (Å²) in [6.45, 7) is 0.660. The number of hydrogen-bond donors (Lipinski definition) is 0. The highest BCUT2D eigenvalue weighted by Crippen LogP contribution is 2.35. The van der Waals surface area contributed by atoms with E-state index < -0.39 is 0 Å². The van der Waals surface area contributed by atoms with Gasteiger partial charge in [0.2, 0.25) is 0 Å². The van der Waals surface area contributed by atoms with Gasteiger partial charge in [0.25, 0.3) is 0 Å². The number of nitrogens with zero attached hydrogens (tertiary/aromatic N) is 2. The summed E-state index contributed by atoms with van der Waals surface area (Å²) in [4.78, 5) is 2.20. The molecule has 16 heavy (non-hydrogen) atoms. The third kappa shape index (κ3) is 2.14. The van der Waals surface area contributed by atoms with E-state index in [1.54, 1.807) is 0 Å². The van der Waals surface area contributed by atoms with Gasteiger partial charge in [-0.3, -0.25) is 0 Å². The van der Waals surface area contributed by atoms with Gasteiger partial charge in [0, 0.05) is 17.9 Å². The van der Waals surface area contributed by atoms with E-state index in [2.05, 4.69) is 33.9 Å². The highest BCUT2D eigenvalue weighted by molar-refractivity contribution is 9.10. The second-order valence-electron chi connectivity index (χ2n) is 3.88. The Morgan fingerprint density at radius 2 is 2.44 bits per heavy atom. The quantitative estimate of drug-likeness (QED) is 0.836. The Bertz CT molecular complexity index is 428. The lowest BCUT2D eigenvalue weighted by Gasteiger charge is -2.35. The van der Waals surface area contributed by atoms with Crippen LogP contribution in [0.25, 0.3) is 0 Å². The summed E-state index contributed by atoms with van der Waals surface area (Å²) in [6.07, 6.45) is 1.42. The first-order chi connectivity index (χ1) is 7.72. The minimum Gasteiger partial charge on any atom is -0.489 e. The summed E-state index contributed by atoms with van der Waals surface area (Å²) >= 11 is 3.46. The summed E-state index contributed by atoms with van der Waals surface area (Å²) < 4.78 is 6.73. The Balaban J connectivity index is 2.21. The van der Waals surface area contributed by atoms with Gasteiger partial charge in [-0.15, -0.1) is 0 Å². The predicted molar refractivity (Wildman–Crippen MR) is 66.7 cm³/mol. The molecule has 3 nitrogen and oxygen atoms in total. The van der Waals surface area contributed by atoms with Gasteiger partial charge < -0.3 is 9.64 Å². The number of likely N-dealkylation sites (N-methyl/N-ethyl adjacent to an activating group) is 1. The lowest BCUT2D eigenvalue weighted by Crippen LogP contribution is -2.40. The van der Waals surface area contributed by atoms with Crippen molar-refractivity contribution in [3.8, 4) is 11.8 Å². The van der Waals surface area contributed by atoms with Gasteiger partial charge in [-0.1, -0.05) is 15.9 Å². The Hall–Kier alpha value is -1.21. The van der Waals surface area contributed by atoms with Crippen molar-refractivity contribution < 1.29 is 4.74 Å². The average Bonchev–Trinajstić information content (AvgIpc) is 2.29. The van der Waals surface area contributed by atoms with E-state index in [0.717, 1.165) is 22.3 Å². The fourth-order valence-corrected chi connectivity index (χ4v) is 2.24. The monoisotopic (exact) mass is 280 g/mol. The zero-order valence-electron chi connectivity index (χ0n) is 9.11. The van der Waals surface area contributed by atoms with Gasteiger partial charge in [0.05, 0.1) is 17.8 Å². The lowest BCUT2D eigenvalue weighted by molar-refractivity contribution is 0.261. The first-order valence-corrected chi connectivity index (χ1v) is 6.04. The lowest BCUT2D eigenvalue weighted by atomic mass is 10.1. The summed E-state index contributed by atoms with van der Waals surface area (Å²) in [5.41, 5.74) is 1.09. The number of ether oxygens (including phenoxy) is 1. The molecule has 0 bridgehead atoms. The molecule has 0 saturated carbocycles. The second-order valence-corrected chi connectivity index (χ2v) is 4.80. The van der Waals surface area contributed by atoms with Crippen molar-refractivity contribution in [2.45, 2.75) is 18.9 Å². The number of nitriles is 1. The van der Waals surface area contributed by atoms with Gasteiger partial charge in [0.15, 0.2) is 0 Å². The Kier molecular flexibility index (Phi) is 3.35. The first-order valence-electron chi connectivity index (χ1n) is 5.24. The maximum atomic E-state index is 8.61. The van der Waals surface area contributed by atoms with Crippen molar-refractivity contribution in [2.24, 2.45) is 0 Å². The van der Waals surface area contributed by atoms with E-state index in [9.17, 15) is 0 Å². The highest BCUT2D eigenvalue weighted by atomic mass is 79.9. The average molecular weight is 281 g/mol. The summed E-state index contributed by atoms with van der Waals surface area (Å²) in [5, 5.41) is 8.61. The molecule has 1 aromatic carbocycles. The molecule has 2 rings (SSSR count). The normalized spacial score (nSPS) is 18.6. The van der Waals surface area contributed by atoms with Crippen LogP contribution in [-0.4, -0.2) is 19.7 Å². The predicted octanol–water partition coefficient (Wildman–Crippen LogP) is 2.95. The molecule has 0 aliphatic carbocycles. The van der Waals surface area contributed by atoms with E-state index in [1.165, 1.54) is 0 Å². The molecule has 1 heterocycles. The minimum absolute atomic E-state index is 0.293. The van der Waals surface area contributed by atoms with Gasteiger partial charge in [0.1, 0.15) is 12.4 Å². The molecule has 1 unspecified atom stereocenters. The Morgan fingerprint density at radius 1 is 1.62 bits per heavy atom. The van der Waals surface area contributed by atoms with Gasteiger partial charge in [-0.05, 0) is 24.6 Å². The van der Waals surface area contributed by atoms with E-state index in [4.69, 9.17) is 10.00 Å². The van der Waals surface area contributed by atoms with Gasteiger partial charge in [-0.2, -0.15) is 5.26 Å². The molecule has 0 spiro atoms. The highest BCUT2D eigenvalue weighted by Gasteiger charge is 2.24. The fourth-order valence-electron chi connectivity index (χ4n) is 1.89. The van der Waals surface area contributed by atoms with Crippen LogP contribution in [-0.2, 0) is 0 Å². The molecule has 0 saturated heterocycles. The summed E-state index contributed by atoms with van der Waals surface area (Å²) in [6, 6.07) is 8.47. The molecule has 0 radical (unpaired) electrons. The molecule has 4 heteroatoms. The number of fused-ring (bicyclic) bond motifs is 1. The summed E-state index contributed by atoms with van der Waals surface area (Å²) in [7, 11) is 2.05. The maximum Gasteiger partial charge on any atom is 0.142 e. The minimum atomic E-state index is 0.293. The molecule has 1 aliphatic heterocycles. The molecule has 0 N–H and O–H groups in total. The zero-order valence-corrected chi connectivity index (χ0v) is 10.7. The van der Waals surface area contributed by atoms with Crippen LogP contribution in [0, 0.1) is 11.3 Å². The van der Waals surface area contributed by atoms with Crippen LogP contribution in [0.3, 0.4) is 0 Å². The van der Waals surface area contributed by atoms with E-state index in [-0.39, 0.29) is 0 Å². The van der Waals surface area contributed by atoms with Gasteiger partial charge >= 0.3 is 0 Å². The molecule has 0 amide bonds. The maximum absolute atomic E-state index is 8.61. The van der Waals surface area contributed by atoms with Crippen LogP contribution in [0.2, 0.25) is 0 Å². The van der Waals surface area contributed by atoms with Gasteiger partial charge in [-0.25, -0.2) is 0 Å². The number of anilines is 1. The first kappa shape index (κ1) is 11.3. The third-order valence-corrected chi connectivity index (χ3v) is 3.36. The molecule has 1 aliphatic rings. The van der Waals surface area contributed by atoms with Crippen LogP contribution >= 0.6 is 15.9 Å². The number of hydrogen-bond acceptors (Lipinski definition) is 3. The van der Waals surface area contributed by atoms with Crippen LogP contribution in [0.4, 0.5) is 5.69 Å². The molecule has 84 valence electrons. The standard InChI is InChI=1S/C12H13BrN2O/c1-15-10(3-2-6-14)8-16-12-5-4-9(13)7-11(12)15/h4-5,7,10H,2-3,8H2,1H3. The Morgan fingerprint density at radius 3 is 3.19 bits per heavy atom.